The summed E-state index contributed by atoms with van der Waals surface area (Å²) in [7, 11) is -4.35. The molecule has 0 heterocycles. The Kier molecular flexibility index (Phi) is 25.7. The summed E-state index contributed by atoms with van der Waals surface area (Å²) in [6.07, 6.45) is 20.0. The van der Waals surface area contributed by atoms with Crippen LogP contribution in [-0.4, -0.2) is 54.2 Å². The average Bonchev–Trinajstić information content (AvgIpc) is 3.06. The first-order valence-corrected chi connectivity index (χ1v) is 21.1. The highest BCUT2D eigenvalue weighted by atomic mass is 31.2. The van der Waals surface area contributed by atoms with Gasteiger partial charge in [-0.1, -0.05) is 125 Å². The van der Waals surface area contributed by atoms with Gasteiger partial charge in [0.25, 0.3) is 0 Å². The predicted molar refractivity (Wildman–Crippen MR) is 202 cm³/mol. The number of amides is 1. The van der Waals surface area contributed by atoms with Crippen LogP contribution in [0.3, 0.4) is 0 Å². The summed E-state index contributed by atoms with van der Waals surface area (Å²) in [6.45, 7) is 12.7. The molecule has 0 aliphatic carbocycles. The van der Waals surface area contributed by atoms with E-state index in [2.05, 4.69) is 18.3 Å². The van der Waals surface area contributed by atoms with E-state index in [1.807, 2.05) is 27.7 Å². The van der Waals surface area contributed by atoms with Crippen LogP contribution in [0.25, 0.3) is 0 Å². The number of carbonyl (C=O) groups excluding carboxylic acids is 2. The van der Waals surface area contributed by atoms with Gasteiger partial charge in [0.1, 0.15) is 0 Å². The van der Waals surface area contributed by atoms with E-state index in [-0.39, 0.29) is 69.8 Å². The Morgan fingerprint density at radius 2 is 1.25 bits per heavy atom. The van der Waals surface area contributed by atoms with E-state index in [0.717, 1.165) is 19.3 Å². The molecule has 0 rings (SSSR count). The van der Waals surface area contributed by atoms with Crippen molar-refractivity contribution in [3.05, 3.63) is 0 Å². The van der Waals surface area contributed by atoms with Crippen LogP contribution in [0.5, 0.6) is 0 Å². The summed E-state index contributed by atoms with van der Waals surface area (Å²) in [5.41, 5.74) is -2.70. The Morgan fingerprint density at radius 1 is 0.765 bits per heavy atom. The number of unbranched alkanes of at least 4 members (excludes halogenated alkanes) is 14. The van der Waals surface area contributed by atoms with Crippen molar-refractivity contribution in [1.82, 2.24) is 5.32 Å². The molecule has 0 aromatic rings. The molecule has 3 N–H and O–H groups in total. The second-order valence-electron chi connectivity index (χ2n) is 15.6. The molecule has 0 spiro atoms. The molecule has 1 amide bonds. The molecule has 0 aromatic carbocycles. The van der Waals surface area contributed by atoms with Crippen LogP contribution in [0.1, 0.15) is 177 Å². The number of ether oxygens (including phenoxy) is 1. The molecule has 298 valence electrons. The molecule has 11 nitrogen and oxygen atoms in total. The van der Waals surface area contributed by atoms with E-state index < -0.39 is 30.0 Å². The molecule has 3 unspecified atom stereocenters. The van der Waals surface area contributed by atoms with E-state index in [4.69, 9.17) is 13.8 Å². The molecule has 0 aliphatic rings. The molecule has 3 atom stereocenters. The van der Waals surface area contributed by atoms with Gasteiger partial charge in [-0.3, -0.25) is 23.4 Å². The van der Waals surface area contributed by atoms with E-state index in [0.29, 0.717) is 6.42 Å². The predicted octanol–water partition coefficient (Wildman–Crippen LogP) is 9.90. The second kappa shape index (κ2) is 26.7. The molecule has 0 aromatic heterocycles. The van der Waals surface area contributed by atoms with Crippen LogP contribution in [0.4, 0.5) is 0 Å². The first kappa shape index (κ1) is 49.0. The third-order valence-corrected chi connectivity index (χ3v) is 11.7. The third-order valence-electron chi connectivity index (χ3n) is 10.6. The minimum atomic E-state index is -4.35. The fourth-order valence-corrected chi connectivity index (χ4v) is 6.92. The maximum atomic E-state index is 12.5. The standard InChI is InChI=1S/C39H73N2O9P/c1-8-9-10-11-12-13-14-15-16-17-18-19-20-21-22-24-35(43)48-28-23-29-49-51(46,47)50-30-27-41-34(42)25-26-38(6,32-40)37(4,5)31-39(7,33(2)3)36(44)45/h33H,8-31H2,1-7H3,(H,41,42)(H,44,45)(H,46,47). The van der Waals surface area contributed by atoms with Gasteiger partial charge < -0.3 is 20.1 Å². The summed E-state index contributed by atoms with van der Waals surface area (Å²) >= 11 is 0. The molecular weight excluding hydrogens is 671 g/mol. The number of esters is 1. The molecule has 0 fully saturated rings. The fraction of sp³-hybridized carbons (Fsp3) is 0.897. The van der Waals surface area contributed by atoms with Gasteiger partial charge in [-0.15, -0.1) is 0 Å². The number of carboxylic acids is 1. The Morgan fingerprint density at radius 3 is 1.73 bits per heavy atom. The van der Waals surface area contributed by atoms with Crippen LogP contribution < -0.4 is 5.32 Å². The van der Waals surface area contributed by atoms with Crippen LogP contribution in [0.15, 0.2) is 0 Å². The quantitative estimate of drug-likeness (QED) is 0.0334. The number of nitrogens with one attached hydrogen (secondary N) is 1. The van der Waals surface area contributed by atoms with Crippen molar-refractivity contribution < 1.29 is 42.7 Å². The molecule has 0 radical (unpaired) electrons. The van der Waals surface area contributed by atoms with Crippen molar-refractivity contribution in [2.75, 3.05) is 26.4 Å². The number of hydrogen-bond acceptors (Lipinski definition) is 8. The Labute approximate surface area is 310 Å². The average molecular weight is 745 g/mol. The SMILES string of the molecule is CCCCCCCCCCCCCCCCCC(=O)OCCCOP(=O)(O)OCCNC(=O)CCC(C)(C#N)C(C)(C)CC(C)(C(=O)O)C(C)C. The lowest BCUT2D eigenvalue weighted by molar-refractivity contribution is -0.154. The van der Waals surface area contributed by atoms with Gasteiger partial charge in [-0.2, -0.15) is 5.26 Å². The van der Waals surface area contributed by atoms with E-state index in [1.165, 1.54) is 77.0 Å². The van der Waals surface area contributed by atoms with Crippen molar-refractivity contribution in [2.24, 2.45) is 22.2 Å². The van der Waals surface area contributed by atoms with Crippen molar-refractivity contribution in [3.8, 4) is 6.07 Å². The highest BCUT2D eigenvalue weighted by molar-refractivity contribution is 7.47. The number of rotatable bonds is 33. The third kappa shape index (κ3) is 22.0. The summed E-state index contributed by atoms with van der Waals surface area (Å²) in [4.78, 5) is 46.4. The molecule has 0 saturated heterocycles. The van der Waals surface area contributed by atoms with Crippen LogP contribution in [0.2, 0.25) is 0 Å². The van der Waals surface area contributed by atoms with E-state index >= 15 is 0 Å². The smallest absolute Gasteiger partial charge is 0.472 e. The van der Waals surface area contributed by atoms with Crippen LogP contribution in [-0.2, 0) is 32.7 Å². The monoisotopic (exact) mass is 745 g/mol. The topological polar surface area (TPSA) is 172 Å². The maximum absolute atomic E-state index is 12.5. The van der Waals surface area contributed by atoms with Crippen LogP contribution >= 0.6 is 7.82 Å². The number of carbonyl (C=O) groups is 3. The Balaban J connectivity index is 4.03. The van der Waals surface area contributed by atoms with Crippen molar-refractivity contribution in [1.29, 1.82) is 5.26 Å². The van der Waals surface area contributed by atoms with Crippen molar-refractivity contribution in [2.45, 2.75) is 177 Å². The number of aliphatic carboxylic acids is 1. The lowest BCUT2D eigenvalue weighted by atomic mass is 9.57. The van der Waals surface area contributed by atoms with E-state index in [1.54, 1.807) is 13.8 Å². The molecule has 0 aliphatic heterocycles. The molecule has 51 heavy (non-hydrogen) atoms. The zero-order chi connectivity index (χ0) is 38.8. The minimum absolute atomic E-state index is 0.0183. The molecule has 0 saturated carbocycles. The number of hydrogen-bond donors (Lipinski definition) is 3. The first-order valence-electron chi connectivity index (χ1n) is 19.6. The number of carboxylic acid groups (broad SMARTS) is 1. The van der Waals surface area contributed by atoms with Gasteiger partial charge in [0, 0.05) is 25.8 Å². The highest BCUT2D eigenvalue weighted by Crippen LogP contribution is 2.51. The van der Waals surface area contributed by atoms with Crippen molar-refractivity contribution in [3.63, 3.8) is 0 Å². The maximum Gasteiger partial charge on any atom is 0.472 e. The number of phosphoric ester groups is 1. The summed E-state index contributed by atoms with van der Waals surface area (Å²) in [5, 5.41) is 22.5. The highest BCUT2D eigenvalue weighted by Gasteiger charge is 2.49. The van der Waals surface area contributed by atoms with Crippen molar-refractivity contribution >= 4 is 25.7 Å². The Hall–Kier alpha value is -1.99. The first-order chi connectivity index (χ1) is 24.0. The van der Waals surface area contributed by atoms with Gasteiger partial charge in [-0.25, -0.2) is 4.57 Å². The van der Waals surface area contributed by atoms with Gasteiger partial charge in [0.05, 0.1) is 36.7 Å². The minimum Gasteiger partial charge on any atom is -0.481 e. The number of nitriles is 1. The molecule has 12 heteroatoms. The Bertz CT molecular complexity index is 1080. The van der Waals surface area contributed by atoms with Gasteiger partial charge >= 0.3 is 19.8 Å². The lowest BCUT2D eigenvalue weighted by Crippen LogP contribution is -2.44. The zero-order valence-electron chi connectivity index (χ0n) is 33.2. The fourth-order valence-electron chi connectivity index (χ4n) is 6.16. The van der Waals surface area contributed by atoms with E-state index in [9.17, 15) is 34.2 Å². The summed E-state index contributed by atoms with van der Waals surface area (Å²) < 4.78 is 27.2. The van der Waals surface area contributed by atoms with Gasteiger partial charge in [-0.05, 0) is 44.4 Å². The largest absolute Gasteiger partial charge is 0.481 e. The number of phosphoric acid groups is 1. The van der Waals surface area contributed by atoms with Gasteiger partial charge in [0.15, 0.2) is 0 Å². The molecule has 0 bridgehead atoms. The van der Waals surface area contributed by atoms with Gasteiger partial charge in [0.2, 0.25) is 5.91 Å². The summed E-state index contributed by atoms with van der Waals surface area (Å²) in [6, 6.07) is 2.31. The summed E-state index contributed by atoms with van der Waals surface area (Å²) in [5.74, 6) is -1.71. The second-order valence-corrected chi connectivity index (χ2v) is 17.1. The normalized spacial score (nSPS) is 15.4. The van der Waals surface area contributed by atoms with Crippen LogP contribution in [0, 0.1) is 33.5 Å². The zero-order valence-corrected chi connectivity index (χ0v) is 34.1. The molecular formula is C39H73N2O9P. The lowest BCUT2D eigenvalue weighted by Gasteiger charge is -2.45. The number of nitrogens with zero attached hydrogens (tertiary/aromatic N) is 1.